The number of nitrogens with zero attached hydrogens (tertiary/aromatic N) is 2. The maximum absolute atomic E-state index is 12.0. The zero-order valence-electron chi connectivity index (χ0n) is 12.6. The van der Waals surface area contributed by atoms with Crippen molar-refractivity contribution in [2.75, 3.05) is 18.4 Å². The number of likely N-dealkylation sites (tertiary alicyclic amines) is 1. The summed E-state index contributed by atoms with van der Waals surface area (Å²) in [5.74, 6) is -0.00931. The van der Waals surface area contributed by atoms with E-state index in [9.17, 15) is 4.79 Å². The molecule has 4 heteroatoms. The number of nitriles is 1. The molecule has 1 aromatic rings. The van der Waals surface area contributed by atoms with E-state index in [0.717, 1.165) is 19.5 Å². The summed E-state index contributed by atoms with van der Waals surface area (Å²) in [4.78, 5) is 14.5. The first kappa shape index (κ1) is 15.5. The van der Waals surface area contributed by atoms with Gasteiger partial charge in [0.05, 0.1) is 11.3 Å². The van der Waals surface area contributed by atoms with Crippen molar-refractivity contribution in [1.29, 1.82) is 5.26 Å². The van der Waals surface area contributed by atoms with E-state index in [0.29, 0.717) is 23.7 Å². The van der Waals surface area contributed by atoms with Crippen molar-refractivity contribution in [3.8, 4) is 6.07 Å². The molecule has 112 valence electrons. The molecule has 2 rings (SSSR count). The lowest BCUT2D eigenvalue weighted by molar-refractivity contribution is -0.116. The highest BCUT2D eigenvalue weighted by atomic mass is 16.1. The number of rotatable bonds is 6. The summed E-state index contributed by atoms with van der Waals surface area (Å²) >= 11 is 0. The Labute approximate surface area is 126 Å². The van der Waals surface area contributed by atoms with Crippen LogP contribution in [0.4, 0.5) is 5.69 Å². The molecule has 1 N–H and O–H groups in total. The van der Waals surface area contributed by atoms with E-state index < -0.39 is 0 Å². The van der Waals surface area contributed by atoms with Gasteiger partial charge in [0.25, 0.3) is 0 Å². The number of hydrogen-bond acceptors (Lipinski definition) is 3. The predicted molar refractivity (Wildman–Crippen MR) is 83.9 cm³/mol. The van der Waals surface area contributed by atoms with Crippen molar-refractivity contribution in [3.63, 3.8) is 0 Å². The molecule has 1 aromatic carbocycles. The number of para-hydroxylation sites is 1. The molecule has 0 bridgehead atoms. The van der Waals surface area contributed by atoms with Crippen LogP contribution in [0, 0.1) is 11.3 Å². The fourth-order valence-electron chi connectivity index (χ4n) is 3.00. The molecule has 0 radical (unpaired) electrons. The maximum Gasteiger partial charge on any atom is 0.224 e. The zero-order valence-corrected chi connectivity index (χ0v) is 12.6. The van der Waals surface area contributed by atoms with Crippen LogP contribution in [0.5, 0.6) is 0 Å². The van der Waals surface area contributed by atoms with E-state index in [1.807, 2.05) is 6.07 Å². The fraction of sp³-hybridized carbons (Fsp3) is 0.529. The van der Waals surface area contributed by atoms with Gasteiger partial charge in [-0.05, 0) is 50.9 Å². The number of anilines is 1. The molecule has 21 heavy (non-hydrogen) atoms. The van der Waals surface area contributed by atoms with E-state index in [-0.39, 0.29) is 5.91 Å². The Morgan fingerprint density at radius 1 is 1.48 bits per heavy atom. The van der Waals surface area contributed by atoms with Gasteiger partial charge in [-0.25, -0.2) is 0 Å². The number of hydrogen-bond donors (Lipinski definition) is 1. The van der Waals surface area contributed by atoms with Crippen LogP contribution in [0.3, 0.4) is 0 Å². The Morgan fingerprint density at radius 2 is 2.29 bits per heavy atom. The van der Waals surface area contributed by atoms with E-state index in [4.69, 9.17) is 5.26 Å². The normalized spacial score (nSPS) is 18.4. The van der Waals surface area contributed by atoms with Crippen LogP contribution < -0.4 is 5.32 Å². The summed E-state index contributed by atoms with van der Waals surface area (Å²) in [7, 11) is 0. The third-order valence-corrected chi connectivity index (χ3v) is 4.14. The van der Waals surface area contributed by atoms with Crippen molar-refractivity contribution >= 4 is 11.6 Å². The topological polar surface area (TPSA) is 56.1 Å². The van der Waals surface area contributed by atoms with Crippen LogP contribution in [-0.2, 0) is 4.79 Å². The Hall–Kier alpha value is -1.86. The van der Waals surface area contributed by atoms with Gasteiger partial charge in [0.15, 0.2) is 0 Å². The van der Waals surface area contributed by atoms with Crippen LogP contribution in [-0.4, -0.2) is 29.9 Å². The summed E-state index contributed by atoms with van der Waals surface area (Å²) in [6.45, 7) is 4.39. The van der Waals surface area contributed by atoms with Gasteiger partial charge in [-0.3, -0.25) is 4.79 Å². The van der Waals surface area contributed by atoms with Crippen molar-refractivity contribution in [3.05, 3.63) is 29.8 Å². The Bertz CT molecular complexity index is 521. The highest BCUT2D eigenvalue weighted by Gasteiger charge is 2.22. The molecule has 1 fully saturated rings. The third kappa shape index (κ3) is 4.30. The van der Waals surface area contributed by atoms with Gasteiger partial charge < -0.3 is 10.2 Å². The average Bonchev–Trinajstić information content (AvgIpc) is 2.95. The van der Waals surface area contributed by atoms with Crippen molar-refractivity contribution in [2.45, 2.75) is 45.1 Å². The highest BCUT2D eigenvalue weighted by molar-refractivity contribution is 5.92. The molecule has 1 unspecified atom stereocenters. The minimum atomic E-state index is -0.00931. The fourth-order valence-corrected chi connectivity index (χ4v) is 3.00. The second-order valence-corrected chi connectivity index (χ2v) is 5.55. The quantitative estimate of drug-likeness (QED) is 0.873. The van der Waals surface area contributed by atoms with Crippen LogP contribution in [0.2, 0.25) is 0 Å². The van der Waals surface area contributed by atoms with Gasteiger partial charge >= 0.3 is 0 Å². The molecule has 0 aliphatic carbocycles. The molecule has 4 nitrogen and oxygen atoms in total. The summed E-state index contributed by atoms with van der Waals surface area (Å²) in [5.41, 5.74) is 1.12. The number of amides is 1. The minimum absolute atomic E-state index is 0.00931. The van der Waals surface area contributed by atoms with Crippen molar-refractivity contribution in [1.82, 2.24) is 4.90 Å². The molecule has 0 spiro atoms. The first-order valence-electron chi connectivity index (χ1n) is 7.77. The average molecular weight is 285 g/mol. The van der Waals surface area contributed by atoms with Crippen LogP contribution in [0.1, 0.15) is 44.6 Å². The zero-order chi connectivity index (χ0) is 15.1. The first-order chi connectivity index (χ1) is 10.2. The number of benzene rings is 1. The minimum Gasteiger partial charge on any atom is -0.325 e. The third-order valence-electron chi connectivity index (χ3n) is 4.14. The van der Waals surface area contributed by atoms with Gasteiger partial charge in [-0.15, -0.1) is 0 Å². The van der Waals surface area contributed by atoms with Crippen molar-refractivity contribution in [2.24, 2.45) is 0 Å². The van der Waals surface area contributed by atoms with Gasteiger partial charge in [-0.2, -0.15) is 5.26 Å². The molecule has 0 saturated carbocycles. The van der Waals surface area contributed by atoms with Gasteiger partial charge in [0, 0.05) is 12.5 Å². The van der Waals surface area contributed by atoms with E-state index in [1.54, 1.807) is 18.2 Å². The van der Waals surface area contributed by atoms with Crippen LogP contribution in [0.25, 0.3) is 0 Å². The summed E-state index contributed by atoms with van der Waals surface area (Å²) in [5, 5.41) is 11.8. The van der Waals surface area contributed by atoms with E-state index in [1.165, 1.54) is 19.3 Å². The maximum atomic E-state index is 12.0. The molecule has 1 heterocycles. The SMILES string of the molecule is CCC1CCCN1CCCC(=O)Nc1ccccc1C#N. The molecular weight excluding hydrogens is 262 g/mol. The Balaban J connectivity index is 1.76. The van der Waals surface area contributed by atoms with Gasteiger partial charge in [0.1, 0.15) is 6.07 Å². The molecule has 1 aliphatic rings. The molecule has 1 amide bonds. The molecule has 1 saturated heterocycles. The second kappa shape index (κ2) is 7.80. The molecule has 1 atom stereocenters. The molecule has 1 aliphatic heterocycles. The smallest absolute Gasteiger partial charge is 0.224 e. The molecular formula is C17H23N3O. The second-order valence-electron chi connectivity index (χ2n) is 5.55. The lowest BCUT2D eigenvalue weighted by Crippen LogP contribution is -2.30. The highest BCUT2D eigenvalue weighted by Crippen LogP contribution is 2.20. The van der Waals surface area contributed by atoms with Crippen molar-refractivity contribution < 1.29 is 4.79 Å². The van der Waals surface area contributed by atoms with E-state index in [2.05, 4.69) is 23.2 Å². The van der Waals surface area contributed by atoms with Crippen LogP contribution >= 0.6 is 0 Å². The predicted octanol–water partition coefficient (Wildman–Crippen LogP) is 3.15. The van der Waals surface area contributed by atoms with Crippen LogP contribution in [0.15, 0.2) is 24.3 Å². The monoisotopic (exact) mass is 285 g/mol. The summed E-state index contributed by atoms with van der Waals surface area (Å²) < 4.78 is 0. The number of carbonyl (C=O) groups is 1. The Kier molecular flexibility index (Phi) is 5.77. The van der Waals surface area contributed by atoms with Gasteiger partial charge in [0.2, 0.25) is 5.91 Å². The number of carbonyl (C=O) groups excluding carboxylic acids is 1. The van der Waals surface area contributed by atoms with Gasteiger partial charge in [-0.1, -0.05) is 19.1 Å². The number of nitrogens with one attached hydrogen (secondary N) is 1. The largest absolute Gasteiger partial charge is 0.325 e. The lowest BCUT2D eigenvalue weighted by atomic mass is 10.1. The standard InChI is InChI=1S/C17H23N3O/c1-2-15-8-5-11-20(15)12-6-10-17(21)19-16-9-4-3-7-14(16)13-18/h3-4,7,9,15H,2,5-6,8,10-12H2,1H3,(H,19,21). The summed E-state index contributed by atoms with van der Waals surface area (Å²) in [6, 6.07) is 9.90. The lowest BCUT2D eigenvalue weighted by Gasteiger charge is -2.22. The van der Waals surface area contributed by atoms with E-state index >= 15 is 0 Å². The Morgan fingerprint density at radius 3 is 3.05 bits per heavy atom. The first-order valence-corrected chi connectivity index (χ1v) is 7.77. The molecule has 0 aromatic heterocycles. The summed E-state index contributed by atoms with van der Waals surface area (Å²) in [6.07, 6.45) is 5.14.